The van der Waals surface area contributed by atoms with Gasteiger partial charge in [0.05, 0.1) is 24.1 Å². The Labute approximate surface area is 129 Å². The normalized spacial score (nSPS) is 16.2. The molecule has 22 heavy (non-hydrogen) atoms. The molecule has 0 amide bonds. The zero-order chi connectivity index (χ0) is 16.2. The third-order valence-electron chi connectivity index (χ3n) is 3.34. The SMILES string of the molecule is CS(=O)(=O)Nc1cc(C(=O)O)ccc1OCC1CCOCC1. The average molecular weight is 329 g/mol. The molecule has 1 fully saturated rings. The van der Waals surface area contributed by atoms with Crippen LogP contribution in [0.25, 0.3) is 0 Å². The Balaban J connectivity index is 2.15. The zero-order valence-electron chi connectivity index (χ0n) is 12.2. The largest absolute Gasteiger partial charge is 0.491 e. The van der Waals surface area contributed by atoms with Gasteiger partial charge in [0.15, 0.2) is 0 Å². The first kappa shape index (κ1) is 16.6. The van der Waals surface area contributed by atoms with Gasteiger partial charge in [-0.2, -0.15) is 0 Å². The van der Waals surface area contributed by atoms with E-state index >= 15 is 0 Å². The molecule has 0 saturated carbocycles. The molecular weight excluding hydrogens is 310 g/mol. The van der Waals surface area contributed by atoms with Crippen LogP contribution in [0.1, 0.15) is 23.2 Å². The van der Waals surface area contributed by atoms with Crippen molar-refractivity contribution in [3.8, 4) is 5.75 Å². The molecule has 8 heteroatoms. The highest BCUT2D eigenvalue weighted by molar-refractivity contribution is 7.92. The van der Waals surface area contributed by atoms with Crippen LogP contribution in [0.15, 0.2) is 18.2 Å². The second kappa shape index (κ2) is 6.97. The number of carbonyl (C=O) groups is 1. The number of benzene rings is 1. The minimum Gasteiger partial charge on any atom is -0.491 e. The van der Waals surface area contributed by atoms with Crippen molar-refractivity contribution in [3.05, 3.63) is 23.8 Å². The van der Waals surface area contributed by atoms with Gasteiger partial charge in [-0.05, 0) is 37.0 Å². The lowest BCUT2D eigenvalue weighted by molar-refractivity contribution is 0.0498. The van der Waals surface area contributed by atoms with E-state index in [2.05, 4.69) is 4.72 Å². The first-order chi connectivity index (χ1) is 10.3. The predicted molar refractivity (Wildman–Crippen MR) is 80.9 cm³/mol. The van der Waals surface area contributed by atoms with Crippen molar-refractivity contribution in [2.75, 3.05) is 30.8 Å². The highest BCUT2D eigenvalue weighted by Gasteiger charge is 2.17. The van der Waals surface area contributed by atoms with Gasteiger partial charge < -0.3 is 14.6 Å². The number of rotatable bonds is 6. The molecule has 1 saturated heterocycles. The number of hydrogen-bond acceptors (Lipinski definition) is 5. The van der Waals surface area contributed by atoms with Crippen molar-refractivity contribution in [2.45, 2.75) is 12.8 Å². The van der Waals surface area contributed by atoms with Crippen LogP contribution in [0.2, 0.25) is 0 Å². The number of carboxylic acid groups (broad SMARTS) is 1. The molecule has 0 aliphatic carbocycles. The minimum atomic E-state index is -3.53. The fourth-order valence-corrected chi connectivity index (χ4v) is 2.75. The molecule has 0 spiro atoms. The lowest BCUT2D eigenvalue weighted by Gasteiger charge is -2.23. The molecule has 1 aliphatic heterocycles. The summed E-state index contributed by atoms with van der Waals surface area (Å²) in [7, 11) is -3.53. The fourth-order valence-electron chi connectivity index (χ4n) is 2.19. The lowest BCUT2D eigenvalue weighted by atomic mass is 10.0. The van der Waals surface area contributed by atoms with Crippen LogP contribution in [0.4, 0.5) is 5.69 Å². The third-order valence-corrected chi connectivity index (χ3v) is 3.93. The van der Waals surface area contributed by atoms with E-state index in [1.54, 1.807) is 0 Å². The Morgan fingerprint density at radius 2 is 2.09 bits per heavy atom. The highest BCUT2D eigenvalue weighted by Crippen LogP contribution is 2.28. The van der Waals surface area contributed by atoms with Crippen LogP contribution in [0, 0.1) is 5.92 Å². The quantitative estimate of drug-likeness (QED) is 0.821. The summed E-state index contributed by atoms with van der Waals surface area (Å²) < 4.78 is 36.1. The summed E-state index contributed by atoms with van der Waals surface area (Å²) in [5.41, 5.74) is 0.124. The minimum absolute atomic E-state index is 0.00966. The molecule has 0 atom stereocenters. The number of sulfonamides is 1. The molecule has 0 radical (unpaired) electrons. The molecule has 1 aromatic rings. The van der Waals surface area contributed by atoms with E-state index in [1.165, 1.54) is 18.2 Å². The van der Waals surface area contributed by atoms with Gasteiger partial charge in [0.25, 0.3) is 0 Å². The smallest absolute Gasteiger partial charge is 0.335 e. The van der Waals surface area contributed by atoms with Crippen molar-refractivity contribution in [3.63, 3.8) is 0 Å². The molecule has 0 bridgehead atoms. The molecule has 2 rings (SSSR count). The van der Waals surface area contributed by atoms with Gasteiger partial charge in [-0.25, -0.2) is 13.2 Å². The maximum atomic E-state index is 11.4. The monoisotopic (exact) mass is 329 g/mol. The predicted octanol–water partition coefficient (Wildman–Crippen LogP) is 1.56. The Morgan fingerprint density at radius 1 is 1.41 bits per heavy atom. The van der Waals surface area contributed by atoms with Crippen LogP contribution in [-0.2, 0) is 14.8 Å². The lowest BCUT2D eigenvalue weighted by Crippen LogP contribution is -2.22. The molecule has 0 aromatic heterocycles. The Morgan fingerprint density at radius 3 is 2.68 bits per heavy atom. The first-order valence-electron chi connectivity index (χ1n) is 6.91. The van der Waals surface area contributed by atoms with Crippen LogP contribution in [0.5, 0.6) is 5.75 Å². The van der Waals surface area contributed by atoms with E-state index < -0.39 is 16.0 Å². The highest BCUT2D eigenvalue weighted by atomic mass is 32.2. The van der Waals surface area contributed by atoms with Gasteiger partial charge in [0.1, 0.15) is 5.75 Å². The van der Waals surface area contributed by atoms with Gasteiger partial charge >= 0.3 is 5.97 Å². The van der Waals surface area contributed by atoms with Gasteiger partial charge in [-0.3, -0.25) is 4.72 Å². The summed E-state index contributed by atoms with van der Waals surface area (Å²) >= 11 is 0. The second-order valence-corrected chi connectivity index (χ2v) is 7.01. The van der Waals surface area contributed by atoms with Crippen molar-refractivity contribution in [1.82, 2.24) is 0 Å². The summed E-state index contributed by atoms with van der Waals surface area (Å²) in [4.78, 5) is 11.0. The van der Waals surface area contributed by atoms with Crippen LogP contribution in [0.3, 0.4) is 0 Å². The molecular formula is C14H19NO6S. The van der Waals surface area contributed by atoms with Crippen LogP contribution in [-0.4, -0.2) is 45.6 Å². The maximum Gasteiger partial charge on any atom is 0.335 e. The number of nitrogens with one attached hydrogen (secondary N) is 1. The summed E-state index contributed by atoms with van der Waals surface area (Å²) in [5, 5.41) is 9.00. The van der Waals surface area contributed by atoms with E-state index in [0.29, 0.717) is 31.5 Å². The Bertz CT molecular complexity index is 637. The van der Waals surface area contributed by atoms with Gasteiger partial charge in [-0.1, -0.05) is 0 Å². The number of carboxylic acids is 1. The topological polar surface area (TPSA) is 102 Å². The number of anilines is 1. The van der Waals surface area contributed by atoms with Crippen LogP contribution >= 0.6 is 0 Å². The zero-order valence-corrected chi connectivity index (χ0v) is 13.1. The Kier molecular flexibility index (Phi) is 5.25. The number of ether oxygens (including phenoxy) is 2. The van der Waals surface area contributed by atoms with Crippen molar-refractivity contribution in [1.29, 1.82) is 0 Å². The fraction of sp³-hybridized carbons (Fsp3) is 0.500. The standard InChI is InChI=1S/C14H19NO6S/c1-22(18,19)15-12-8-11(14(16)17)2-3-13(12)21-9-10-4-6-20-7-5-10/h2-3,8,10,15H,4-7,9H2,1H3,(H,16,17). The average Bonchev–Trinajstić information content (AvgIpc) is 2.45. The van der Waals surface area contributed by atoms with E-state index in [-0.39, 0.29) is 11.3 Å². The molecule has 0 unspecified atom stereocenters. The molecule has 122 valence electrons. The van der Waals surface area contributed by atoms with Crippen LogP contribution < -0.4 is 9.46 Å². The van der Waals surface area contributed by atoms with E-state index in [9.17, 15) is 13.2 Å². The maximum absolute atomic E-state index is 11.4. The molecule has 1 heterocycles. The number of aromatic carboxylic acids is 1. The van der Waals surface area contributed by atoms with Crippen molar-refractivity contribution in [2.24, 2.45) is 5.92 Å². The van der Waals surface area contributed by atoms with E-state index in [1.807, 2.05) is 0 Å². The van der Waals surface area contributed by atoms with Crippen molar-refractivity contribution >= 4 is 21.7 Å². The summed E-state index contributed by atoms with van der Waals surface area (Å²) in [6, 6.07) is 4.11. The van der Waals surface area contributed by atoms with E-state index in [4.69, 9.17) is 14.6 Å². The third kappa shape index (κ3) is 4.88. The van der Waals surface area contributed by atoms with E-state index in [0.717, 1.165) is 19.1 Å². The van der Waals surface area contributed by atoms with Gasteiger partial charge in [0, 0.05) is 13.2 Å². The summed E-state index contributed by atoms with van der Waals surface area (Å²) in [5.74, 6) is -0.464. The summed E-state index contributed by atoms with van der Waals surface area (Å²) in [6.45, 7) is 1.83. The Hall–Kier alpha value is -1.80. The first-order valence-corrected chi connectivity index (χ1v) is 8.80. The molecule has 1 aromatic carbocycles. The summed E-state index contributed by atoms with van der Waals surface area (Å²) in [6.07, 6.45) is 2.78. The van der Waals surface area contributed by atoms with Crippen molar-refractivity contribution < 1.29 is 27.8 Å². The molecule has 1 aliphatic rings. The van der Waals surface area contributed by atoms with Gasteiger partial charge in [-0.15, -0.1) is 0 Å². The molecule has 2 N–H and O–H groups in total. The second-order valence-electron chi connectivity index (χ2n) is 5.26. The molecule has 7 nitrogen and oxygen atoms in total. The number of hydrogen-bond donors (Lipinski definition) is 2. The van der Waals surface area contributed by atoms with Gasteiger partial charge in [0.2, 0.25) is 10.0 Å².